The van der Waals surface area contributed by atoms with Gasteiger partial charge >= 0.3 is 0 Å². The smallest absolute Gasteiger partial charge is 0.164 e. The number of para-hydroxylation sites is 1. The van der Waals surface area contributed by atoms with Crippen LogP contribution < -0.4 is 0 Å². The highest BCUT2D eigenvalue weighted by molar-refractivity contribution is 6.14. The molecule has 0 saturated heterocycles. The third-order valence-electron chi connectivity index (χ3n) is 12.2. The van der Waals surface area contributed by atoms with Crippen molar-refractivity contribution in [1.82, 2.24) is 15.0 Å². The van der Waals surface area contributed by atoms with Crippen molar-refractivity contribution in [3.05, 3.63) is 187 Å². The number of fused-ring (bicyclic) bond motifs is 9. The minimum atomic E-state index is -0.0939. The predicted molar refractivity (Wildman–Crippen MR) is 239 cm³/mol. The van der Waals surface area contributed by atoms with Crippen LogP contribution in [0.15, 0.2) is 185 Å². The van der Waals surface area contributed by atoms with Crippen LogP contribution in [0.25, 0.3) is 111 Å². The number of furan rings is 2. The average Bonchev–Trinajstić information content (AvgIpc) is 3.94. The van der Waals surface area contributed by atoms with Crippen molar-refractivity contribution in [2.75, 3.05) is 0 Å². The molecule has 12 rings (SSSR count). The van der Waals surface area contributed by atoms with E-state index in [-0.39, 0.29) is 5.41 Å². The van der Waals surface area contributed by atoms with E-state index in [0.29, 0.717) is 17.5 Å². The van der Waals surface area contributed by atoms with Crippen molar-refractivity contribution >= 4 is 43.9 Å². The van der Waals surface area contributed by atoms with Gasteiger partial charge in [0.25, 0.3) is 0 Å². The first-order chi connectivity index (χ1) is 29.0. The molecule has 3 aromatic heterocycles. The molecule has 0 bridgehead atoms. The van der Waals surface area contributed by atoms with Gasteiger partial charge in [-0.15, -0.1) is 0 Å². The van der Waals surface area contributed by atoms with Crippen LogP contribution in [-0.2, 0) is 5.41 Å². The third-order valence-corrected chi connectivity index (χ3v) is 12.2. The summed E-state index contributed by atoms with van der Waals surface area (Å²) in [5, 5.41) is 3.96. The van der Waals surface area contributed by atoms with Crippen LogP contribution in [0.1, 0.15) is 25.0 Å². The summed E-state index contributed by atoms with van der Waals surface area (Å²) in [6.07, 6.45) is 0. The van der Waals surface area contributed by atoms with Crippen molar-refractivity contribution in [1.29, 1.82) is 0 Å². The van der Waals surface area contributed by atoms with E-state index in [0.717, 1.165) is 77.3 Å². The van der Waals surface area contributed by atoms with Crippen LogP contribution in [0.4, 0.5) is 0 Å². The molecule has 0 spiro atoms. The Morgan fingerprint density at radius 2 is 0.898 bits per heavy atom. The second-order valence-corrected chi connectivity index (χ2v) is 15.9. The molecule has 0 unspecified atom stereocenters. The van der Waals surface area contributed by atoms with Gasteiger partial charge < -0.3 is 8.83 Å². The number of hydrogen-bond donors (Lipinski definition) is 0. The van der Waals surface area contributed by atoms with Gasteiger partial charge in [0.05, 0.1) is 0 Å². The summed E-state index contributed by atoms with van der Waals surface area (Å²) in [6, 6.07) is 61.3. The number of nitrogens with zero attached hydrogens (tertiary/aromatic N) is 3. The quantitative estimate of drug-likeness (QED) is 0.175. The third kappa shape index (κ3) is 5.14. The molecule has 8 aromatic carbocycles. The first-order valence-electron chi connectivity index (χ1n) is 20.0. The van der Waals surface area contributed by atoms with Crippen molar-refractivity contribution < 1.29 is 8.83 Å². The Kier molecular flexibility index (Phi) is 7.20. The molecule has 0 aliphatic heterocycles. The first kappa shape index (κ1) is 33.5. The molecule has 5 nitrogen and oxygen atoms in total. The van der Waals surface area contributed by atoms with E-state index in [1.807, 2.05) is 48.5 Å². The summed E-state index contributed by atoms with van der Waals surface area (Å²) in [5.74, 6) is 1.72. The number of rotatable bonds is 5. The van der Waals surface area contributed by atoms with E-state index >= 15 is 0 Å². The molecule has 0 radical (unpaired) electrons. The zero-order valence-corrected chi connectivity index (χ0v) is 32.4. The summed E-state index contributed by atoms with van der Waals surface area (Å²) < 4.78 is 12.9. The highest BCUT2D eigenvalue weighted by atomic mass is 16.3. The Bertz CT molecular complexity index is 3480. The van der Waals surface area contributed by atoms with Crippen LogP contribution >= 0.6 is 0 Å². The minimum Gasteiger partial charge on any atom is -0.456 e. The van der Waals surface area contributed by atoms with E-state index in [4.69, 9.17) is 23.8 Å². The zero-order chi connectivity index (χ0) is 39.2. The maximum Gasteiger partial charge on any atom is 0.164 e. The predicted octanol–water partition coefficient (Wildman–Crippen LogP) is 14.3. The largest absolute Gasteiger partial charge is 0.456 e. The van der Waals surface area contributed by atoms with E-state index < -0.39 is 0 Å². The van der Waals surface area contributed by atoms with Gasteiger partial charge in [0, 0.05) is 43.7 Å². The van der Waals surface area contributed by atoms with Gasteiger partial charge in [-0.05, 0) is 80.9 Å². The van der Waals surface area contributed by atoms with E-state index in [1.54, 1.807) is 0 Å². The SMILES string of the molecule is CC1(C)c2ccccc2-c2c(-c3ccc4oc5cccc(-c6nc(-c7cccc(-c8ccccc8)c7)nc(-c7cccc8oc9ccccc9c78)n6)c5c4c3)cccc21. The number of benzene rings is 8. The van der Waals surface area contributed by atoms with Crippen LogP contribution in [0.2, 0.25) is 0 Å². The van der Waals surface area contributed by atoms with Crippen molar-refractivity contribution in [2.45, 2.75) is 19.3 Å². The maximum absolute atomic E-state index is 6.59. The Balaban J connectivity index is 1.09. The average molecular weight is 758 g/mol. The van der Waals surface area contributed by atoms with Gasteiger partial charge in [-0.3, -0.25) is 0 Å². The molecule has 3 heterocycles. The summed E-state index contributed by atoms with van der Waals surface area (Å²) >= 11 is 0. The lowest BCUT2D eigenvalue weighted by Crippen LogP contribution is -2.14. The Morgan fingerprint density at radius 3 is 1.69 bits per heavy atom. The molecule has 0 N–H and O–H groups in total. The van der Waals surface area contributed by atoms with Gasteiger partial charge in [-0.25, -0.2) is 15.0 Å². The van der Waals surface area contributed by atoms with Crippen LogP contribution in [0.5, 0.6) is 0 Å². The van der Waals surface area contributed by atoms with Gasteiger partial charge in [0.1, 0.15) is 22.3 Å². The molecular formula is C54H35N3O2. The van der Waals surface area contributed by atoms with E-state index in [1.165, 1.54) is 27.8 Å². The molecule has 59 heavy (non-hydrogen) atoms. The molecule has 0 saturated carbocycles. The molecule has 0 fully saturated rings. The van der Waals surface area contributed by atoms with Crippen LogP contribution in [0, 0.1) is 0 Å². The molecule has 0 amide bonds. The fourth-order valence-corrected chi connectivity index (χ4v) is 9.35. The Morgan fingerprint density at radius 1 is 0.356 bits per heavy atom. The summed E-state index contributed by atoms with van der Waals surface area (Å²) in [5.41, 5.74) is 15.6. The normalized spacial score (nSPS) is 13.1. The molecule has 5 heteroatoms. The van der Waals surface area contributed by atoms with Crippen molar-refractivity contribution in [3.63, 3.8) is 0 Å². The number of hydrogen-bond acceptors (Lipinski definition) is 5. The van der Waals surface area contributed by atoms with E-state index in [2.05, 4.69) is 141 Å². The van der Waals surface area contributed by atoms with Gasteiger partial charge in [-0.1, -0.05) is 153 Å². The molecule has 1 aliphatic carbocycles. The summed E-state index contributed by atoms with van der Waals surface area (Å²) in [7, 11) is 0. The fourth-order valence-electron chi connectivity index (χ4n) is 9.35. The van der Waals surface area contributed by atoms with Gasteiger partial charge in [0.2, 0.25) is 0 Å². The number of aromatic nitrogens is 3. The lowest BCUT2D eigenvalue weighted by atomic mass is 9.82. The Labute approximate surface area is 340 Å². The summed E-state index contributed by atoms with van der Waals surface area (Å²) in [6.45, 7) is 4.65. The second-order valence-electron chi connectivity index (χ2n) is 15.9. The topological polar surface area (TPSA) is 65.0 Å². The lowest BCUT2D eigenvalue weighted by molar-refractivity contribution is 0.660. The maximum atomic E-state index is 6.59. The van der Waals surface area contributed by atoms with E-state index in [9.17, 15) is 0 Å². The van der Waals surface area contributed by atoms with Crippen molar-refractivity contribution in [2.24, 2.45) is 0 Å². The zero-order valence-electron chi connectivity index (χ0n) is 32.4. The van der Waals surface area contributed by atoms with Gasteiger partial charge in [0.15, 0.2) is 17.5 Å². The fraction of sp³-hybridized carbons (Fsp3) is 0.0556. The highest BCUT2D eigenvalue weighted by Crippen LogP contribution is 2.52. The van der Waals surface area contributed by atoms with Crippen LogP contribution in [-0.4, -0.2) is 15.0 Å². The molecule has 278 valence electrons. The molecule has 1 aliphatic rings. The minimum absolute atomic E-state index is 0.0939. The lowest BCUT2D eigenvalue weighted by Gasteiger charge is -2.21. The van der Waals surface area contributed by atoms with Crippen LogP contribution in [0.3, 0.4) is 0 Å². The first-order valence-corrected chi connectivity index (χ1v) is 20.0. The van der Waals surface area contributed by atoms with Gasteiger partial charge in [-0.2, -0.15) is 0 Å². The standard InChI is InChI=1S/C54H35N3O2/c1-54(2)42-23-8-6-18-37(42)48-36(20-11-24-43(48)54)34-28-29-45-41(31-34)50-40(22-13-27-47(50)59-45)53-56-51(35-17-10-16-33(30-35)32-14-4-3-5-15-32)55-52(57-53)39-21-12-26-46-49(39)38-19-7-9-25-44(38)58-46/h3-31H,1-2H3. The summed E-state index contributed by atoms with van der Waals surface area (Å²) in [4.78, 5) is 15.8. The monoisotopic (exact) mass is 757 g/mol. The molecular weight excluding hydrogens is 723 g/mol. The highest BCUT2D eigenvalue weighted by Gasteiger charge is 2.36. The second kappa shape index (κ2) is 12.7. The Hall–Kier alpha value is -7.63. The molecule has 0 atom stereocenters. The van der Waals surface area contributed by atoms with Crippen molar-refractivity contribution in [3.8, 4) is 67.5 Å². The molecule has 11 aromatic rings.